The van der Waals surface area contributed by atoms with Crippen LogP contribution in [-0.4, -0.2) is 48.6 Å². The van der Waals surface area contributed by atoms with Crippen LogP contribution < -0.4 is 5.32 Å². The SMILES string of the molecule is CC(CCN(C)C)NC(=O)C(C)C(=O)O. The molecule has 2 unspecified atom stereocenters. The van der Waals surface area contributed by atoms with Gasteiger partial charge in [-0.25, -0.2) is 0 Å². The van der Waals surface area contributed by atoms with Gasteiger partial charge in [-0.3, -0.25) is 9.59 Å². The lowest BCUT2D eigenvalue weighted by Crippen LogP contribution is -2.40. The van der Waals surface area contributed by atoms with Gasteiger partial charge in [-0.15, -0.1) is 0 Å². The zero-order valence-electron chi connectivity index (χ0n) is 9.78. The maximum atomic E-state index is 11.3. The molecule has 0 rings (SSSR count). The number of carboxylic acids is 1. The normalized spacial score (nSPS) is 14.7. The van der Waals surface area contributed by atoms with Gasteiger partial charge >= 0.3 is 5.97 Å². The third kappa shape index (κ3) is 6.06. The Hall–Kier alpha value is -1.10. The van der Waals surface area contributed by atoms with E-state index in [-0.39, 0.29) is 6.04 Å². The Kier molecular flexibility index (Phi) is 5.93. The van der Waals surface area contributed by atoms with Crippen LogP contribution in [0, 0.1) is 5.92 Å². The van der Waals surface area contributed by atoms with E-state index in [1.54, 1.807) is 0 Å². The Balaban J connectivity index is 3.91. The van der Waals surface area contributed by atoms with Crippen molar-refractivity contribution in [2.24, 2.45) is 5.92 Å². The molecule has 5 heteroatoms. The Bertz CT molecular complexity index is 229. The van der Waals surface area contributed by atoms with Gasteiger partial charge in [0.05, 0.1) is 0 Å². The van der Waals surface area contributed by atoms with Crippen LogP contribution in [0.25, 0.3) is 0 Å². The third-order valence-corrected chi connectivity index (χ3v) is 2.16. The van der Waals surface area contributed by atoms with Crippen LogP contribution in [-0.2, 0) is 9.59 Å². The molecule has 1 amide bonds. The summed E-state index contributed by atoms with van der Waals surface area (Å²) < 4.78 is 0. The summed E-state index contributed by atoms with van der Waals surface area (Å²) in [5.74, 6) is -2.49. The van der Waals surface area contributed by atoms with Gasteiger partial charge in [0.2, 0.25) is 5.91 Å². The highest BCUT2D eigenvalue weighted by Gasteiger charge is 2.21. The first-order chi connectivity index (χ1) is 6.84. The number of aliphatic carboxylic acids is 1. The second-order valence-corrected chi connectivity index (χ2v) is 4.06. The number of nitrogens with zero attached hydrogens (tertiary/aromatic N) is 1. The van der Waals surface area contributed by atoms with Crippen molar-refractivity contribution in [2.75, 3.05) is 20.6 Å². The number of hydrogen-bond acceptors (Lipinski definition) is 3. The standard InChI is InChI=1S/C10H20N2O3/c1-7(5-6-12(3)4)11-9(13)8(2)10(14)15/h7-8H,5-6H2,1-4H3,(H,11,13)(H,14,15). The van der Waals surface area contributed by atoms with Crippen molar-refractivity contribution in [1.82, 2.24) is 10.2 Å². The summed E-state index contributed by atoms with van der Waals surface area (Å²) in [6.45, 7) is 4.12. The van der Waals surface area contributed by atoms with Crippen LogP contribution in [0.5, 0.6) is 0 Å². The first kappa shape index (κ1) is 13.9. The number of nitrogens with one attached hydrogen (secondary N) is 1. The molecule has 0 aliphatic heterocycles. The fourth-order valence-electron chi connectivity index (χ4n) is 1.00. The van der Waals surface area contributed by atoms with Gasteiger partial charge < -0.3 is 15.3 Å². The van der Waals surface area contributed by atoms with Crippen molar-refractivity contribution in [3.8, 4) is 0 Å². The monoisotopic (exact) mass is 216 g/mol. The third-order valence-electron chi connectivity index (χ3n) is 2.16. The molecule has 5 nitrogen and oxygen atoms in total. The molecule has 0 aliphatic rings. The number of carboxylic acid groups (broad SMARTS) is 1. The van der Waals surface area contributed by atoms with E-state index in [1.165, 1.54) is 6.92 Å². The zero-order chi connectivity index (χ0) is 12.0. The van der Waals surface area contributed by atoms with Gasteiger partial charge in [0.1, 0.15) is 5.92 Å². The molecule has 2 atom stereocenters. The van der Waals surface area contributed by atoms with Gasteiger partial charge in [0.15, 0.2) is 0 Å². The summed E-state index contributed by atoms with van der Waals surface area (Å²) in [7, 11) is 3.91. The molecule has 0 fully saturated rings. The molecule has 0 aromatic rings. The van der Waals surface area contributed by atoms with Crippen LogP contribution in [0.2, 0.25) is 0 Å². The van der Waals surface area contributed by atoms with E-state index >= 15 is 0 Å². The summed E-state index contributed by atoms with van der Waals surface area (Å²) in [6.07, 6.45) is 0.811. The average Bonchev–Trinajstić information content (AvgIpc) is 2.13. The molecule has 0 saturated carbocycles. The van der Waals surface area contributed by atoms with Crippen molar-refractivity contribution >= 4 is 11.9 Å². The summed E-state index contributed by atoms with van der Waals surface area (Å²) >= 11 is 0. The van der Waals surface area contributed by atoms with E-state index in [2.05, 4.69) is 5.32 Å². The quantitative estimate of drug-likeness (QED) is 0.621. The molecular formula is C10H20N2O3. The fraction of sp³-hybridized carbons (Fsp3) is 0.800. The van der Waals surface area contributed by atoms with E-state index in [9.17, 15) is 9.59 Å². The molecule has 2 N–H and O–H groups in total. The summed E-state index contributed by atoms with van der Waals surface area (Å²) in [5, 5.41) is 11.3. The number of carbonyl (C=O) groups is 2. The molecule has 15 heavy (non-hydrogen) atoms. The molecule has 0 aromatic heterocycles. The number of rotatable bonds is 6. The van der Waals surface area contributed by atoms with Crippen LogP contribution >= 0.6 is 0 Å². The second-order valence-electron chi connectivity index (χ2n) is 4.06. The highest BCUT2D eigenvalue weighted by Crippen LogP contribution is 1.98. The van der Waals surface area contributed by atoms with Gasteiger partial charge in [0.25, 0.3) is 0 Å². The van der Waals surface area contributed by atoms with Crippen LogP contribution in [0.3, 0.4) is 0 Å². The van der Waals surface area contributed by atoms with Crippen LogP contribution in [0.4, 0.5) is 0 Å². The minimum atomic E-state index is -1.09. The Morgan fingerprint density at radius 2 is 1.87 bits per heavy atom. The molecule has 0 aliphatic carbocycles. The van der Waals surface area contributed by atoms with E-state index < -0.39 is 17.8 Å². The zero-order valence-corrected chi connectivity index (χ0v) is 9.78. The minimum absolute atomic E-state index is 0.00157. The number of carbonyl (C=O) groups excluding carboxylic acids is 1. The lowest BCUT2D eigenvalue weighted by molar-refractivity contribution is -0.146. The molecule has 0 heterocycles. The highest BCUT2D eigenvalue weighted by molar-refractivity contribution is 5.96. The maximum absolute atomic E-state index is 11.3. The second kappa shape index (κ2) is 6.40. The van der Waals surface area contributed by atoms with E-state index in [1.807, 2.05) is 25.9 Å². The first-order valence-electron chi connectivity index (χ1n) is 5.02. The van der Waals surface area contributed by atoms with Crippen LogP contribution in [0.1, 0.15) is 20.3 Å². The predicted octanol–water partition coefficient (Wildman–Crippen LogP) is 0.164. The molecule has 0 spiro atoms. The first-order valence-corrected chi connectivity index (χ1v) is 5.02. The lowest BCUT2D eigenvalue weighted by Gasteiger charge is -2.17. The van der Waals surface area contributed by atoms with Crippen molar-refractivity contribution < 1.29 is 14.7 Å². The smallest absolute Gasteiger partial charge is 0.315 e. The van der Waals surface area contributed by atoms with Crippen molar-refractivity contribution in [3.63, 3.8) is 0 Å². The maximum Gasteiger partial charge on any atom is 0.315 e. The Morgan fingerprint density at radius 1 is 1.33 bits per heavy atom. The Labute approximate surface area is 90.5 Å². The van der Waals surface area contributed by atoms with E-state index in [0.29, 0.717) is 0 Å². The highest BCUT2D eigenvalue weighted by atomic mass is 16.4. The molecule has 0 bridgehead atoms. The van der Waals surface area contributed by atoms with Gasteiger partial charge in [-0.05, 0) is 40.9 Å². The molecule has 0 saturated heterocycles. The molecular weight excluding hydrogens is 196 g/mol. The average molecular weight is 216 g/mol. The molecule has 0 radical (unpaired) electrons. The Morgan fingerprint density at radius 3 is 2.27 bits per heavy atom. The van der Waals surface area contributed by atoms with Crippen molar-refractivity contribution in [3.05, 3.63) is 0 Å². The molecule has 88 valence electrons. The topological polar surface area (TPSA) is 69.6 Å². The lowest BCUT2D eigenvalue weighted by atomic mass is 10.1. The van der Waals surface area contributed by atoms with Gasteiger partial charge in [0, 0.05) is 6.04 Å². The summed E-state index contributed by atoms with van der Waals surface area (Å²) in [4.78, 5) is 23.9. The van der Waals surface area contributed by atoms with Crippen molar-refractivity contribution in [2.45, 2.75) is 26.3 Å². The minimum Gasteiger partial charge on any atom is -0.481 e. The van der Waals surface area contributed by atoms with Gasteiger partial charge in [-0.1, -0.05) is 0 Å². The van der Waals surface area contributed by atoms with E-state index in [4.69, 9.17) is 5.11 Å². The van der Waals surface area contributed by atoms with Crippen LogP contribution in [0.15, 0.2) is 0 Å². The van der Waals surface area contributed by atoms with Crippen molar-refractivity contribution in [1.29, 1.82) is 0 Å². The predicted molar refractivity (Wildman–Crippen MR) is 57.6 cm³/mol. The number of hydrogen-bond donors (Lipinski definition) is 2. The summed E-state index contributed by atoms with van der Waals surface area (Å²) in [6, 6.07) is 0.00157. The van der Waals surface area contributed by atoms with Gasteiger partial charge in [-0.2, -0.15) is 0 Å². The number of amides is 1. The van der Waals surface area contributed by atoms with E-state index in [0.717, 1.165) is 13.0 Å². The largest absolute Gasteiger partial charge is 0.481 e. The summed E-state index contributed by atoms with van der Waals surface area (Å²) in [5.41, 5.74) is 0. The fourth-order valence-corrected chi connectivity index (χ4v) is 1.00. The molecule has 0 aromatic carbocycles.